The Morgan fingerprint density at radius 3 is 2.48 bits per heavy atom. The van der Waals surface area contributed by atoms with E-state index in [-0.39, 0.29) is 23.9 Å². The molecular weight excluding hydrogens is 288 g/mol. The van der Waals surface area contributed by atoms with Crippen molar-refractivity contribution in [2.24, 2.45) is 5.92 Å². The Hall–Kier alpha value is -1.84. The predicted molar refractivity (Wildman–Crippen MR) is 89.6 cm³/mol. The minimum Gasteiger partial charge on any atom is -0.344 e. The van der Waals surface area contributed by atoms with Crippen LogP contribution < -0.4 is 5.32 Å². The average molecular weight is 314 g/mol. The molecule has 2 aliphatic rings. The largest absolute Gasteiger partial charge is 0.344 e. The lowest BCUT2D eigenvalue weighted by atomic mass is 9.83. The van der Waals surface area contributed by atoms with Gasteiger partial charge in [0, 0.05) is 19.0 Å². The van der Waals surface area contributed by atoms with Gasteiger partial charge in [0.05, 0.1) is 0 Å². The number of rotatable bonds is 3. The third-order valence-corrected chi connectivity index (χ3v) is 5.20. The Kier molecular flexibility index (Phi) is 4.99. The average Bonchev–Trinajstić information content (AvgIpc) is 2.68. The Bertz CT molecular complexity index is 552. The predicted octanol–water partition coefficient (Wildman–Crippen LogP) is 2.87. The molecule has 1 saturated heterocycles. The molecule has 1 saturated carbocycles. The summed E-state index contributed by atoms with van der Waals surface area (Å²) >= 11 is 0. The van der Waals surface area contributed by atoms with E-state index in [1.807, 2.05) is 42.2 Å². The Balaban J connectivity index is 1.81. The molecule has 1 heterocycles. The van der Waals surface area contributed by atoms with Crippen LogP contribution in [0.4, 0.5) is 0 Å². The van der Waals surface area contributed by atoms with E-state index in [4.69, 9.17) is 0 Å². The number of benzene rings is 1. The van der Waals surface area contributed by atoms with Gasteiger partial charge in [0.2, 0.25) is 11.8 Å². The van der Waals surface area contributed by atoms with Crippen molar-refractivity contribution >= 4 is 11.8 Å². The first-order valence-electron chi connectivity index (χ1n) is 8.79. The van der Waals surface area contributed by atoms with Crippen LogP contribution in [0.25, 0.3) is 0 Å². The van der Waals surface area contributed by atoms with E-state index in [0.717, 1.165) is 18.4 Å². The third-order valence-electron chi connectivity index (χ3n) is 5.20. The van der Waals surface area contributed by atoms with Crippen molar-refractivity contribution in [1.29, 1.82) is 0 Å². The van der Waals surface area contributed by atoms with Crippen molar-refractivity contribution in [3.63, 3.8) is 0 Å². The maximum absolute atomic E-state index is 13.1. The molecule has 0 bridgehead atoms. The highest BCUT2D eigenvalue weighted by Gasteiger charge is 2.38. The molecule has 23 heavy (non-hydrogen) atoms. The molecule has 1 aliphatic carbocycles. The lowest BCUT2D eigenvalue weighted by Crippen LogP contribution is -2.50. The fraction of sp³-hybridized carbons (Fsp3) is 0.579. The SMILES string of the molecule is CC1CC(=O)NC(C2CCCCC2)C(=O)N1Cc1ccccc1. The summed E-state index contributed by atoms with van der Waals surface area (Å²) in [5.41, 5.74) is 1.12. The Morgan fingerprint density at radius 2 is 1.78 bits per heavy atom. The standard InChI is InChI=1S/C19H26N2O2/c1-14-12-17(22)20-18(16-10-6-3-7-11-16)19(23)21(14)13-15-8-4-2-5-9-15/h2,4-5,8-9,14,16,18H,3,6-7,10-13H2,1H3,(H,20,22). The van der Waals surface area contributed by atoms with Gasteiger partial charge in [0.25, 0.3) is 0 Å². The summed E-state index contributed by atoms with van der Waals surface area (Å²) in [6, 6.07) is 9.64. The number of hydrogen-bond donors (Lipinski definition) is 1. The summed E-state index contributed by atoms with van der Waals surface area (Å²) in [5, 5.41) is 3.01. The zero-order valence-electron chi connectivity index (χ0n) is 13.8. The molecule has 3 rings (SSSR count). The van der Waals surface area contributed by atoms with E-state index in [2.05, 4.69) is 5.32 Å². The van der Waals surface area contributed by atoms with E-state index < -0.39 is 0 Å². The summed E-state index contributed by atoms with van der Waals surface area (Å²) in [4.78, 5) is 27.2. The van der Waals surface area contributed by atoms with Gasteiger partial charge in [-0.3, -0.25) is 9.59 Å². The normalized spacial score (nSPS) is 26.7. The summed E-state index contributed by atoms with van der Waals surface area (Å²) in [5.74, 6) is 0.403. The van der Waals surface area contributed by atoms with Gasteiger partial charge >= 0.3 is 0 Å². The van der Waals surface area contributed by atoms with Gasteiger partial charge in [-0.25, -0.2) is 0 Å². The Labute approximate surface area is 138 Å². The van der Waals surface area contributed by atoms with Gasteiger partial charge in [-0.1, -0.05) is 49.6 Å². The molecule has 0 spiro atoms. The van der Waals surface area contributed by atoms with Crippen LogP contribution in [-0.2, 0) is 16.1 Å². The van der Waals surface area contributed by atoms with E-state index in [0.29, 0.717) is 18.9 Å². The quantitative estimate of drug-likeness (QED) is 0.932. The fourth-order valence-corrected chi connectivity index (χ4v) is 3.87. The van der Waals surface area contributed by atoms with Crippen molar-refractivity contribution in [3.05, 3.63) is 35.9 Å². The first kappa shape index (κ1) is 16.0. The maximum atomic E-state index is 13.1. The van der Waals surface area contributed by atoms with Crippen LogP contribution >= 0.6 is 0 Å². The Morgan fingerprint density at radius 1 is 1.09 bits per heavy atom. The second-order valence-electron chi connectivity index (χ2n) is 6.95. The van der Waals surface area contributed by atoms with Crippen molar-refractivity contribution in [1.82, 2.24) is 10.2 Å². The first-order chi connectivity index (χ1) is 11.1. The smallest absolute Gasteiger partial charge is 0.245 e. The molecule has 2 unspecified atom stereocenters. The second-order valence-corrected chi connectivity index (χ2v) is 6.95. The number of carbonyl (C=O) groups excluding carboxylic acids is 2. The van der Waals surface area contributed by atoms with Crippen molar-refractivity contribution in [3.8, 4) is 0 Å². The van der Waals surface area contributed by atoms with Crippen molar-refractivity contribution < 1.29 is 9.59 Å². The van der Waals surface area contributed by atoms with Crippen molar-refractivity contribution in [2.45, 2.75) is 64.1 Å². The molecule has 2 amide bonds. The van der Waals surface area contributed by atoms with Crippen molar-refractivity contribution in [2.75, 3.05) is 0 Å². The number of nitrogens with zero attached hydrogens (tertiary/aromatic N) is 1. The molecule has 1 aliphatic heterocycles. The van der Waals surface area contributed by atoms with Crippen LogP contribution in [0.5, 0.6) is 0 Å². The van der Waals surface area contributed by atoms with E-state index in [1.165, 1.54) is 19.3 Å². The second kappa shape index (κ2) is 7.16. The van der Waals surface area contributed by atoms with E-state index in [1.54, 1.807) is 0 Å². The highest BCUT2D eigenvalue weighted by atomic mass is 16.2. The highest BCUT2D eigenvalue weighted by Crippen LogP contribution is 2.29. The molecule has 1 N–H and O–H groups in total. The van der Waals surface area contributed by atoms with Crippen LogP contribution in [0.2, 0.25) is 0 Å². The minimum absolute atomic E-state index is 0.0111. The molecule has 4 nitrogen and oxygen atoms in total. The molecule has 0 radical (unpaired) electrons. The van der Waals surface area contributed by atoms with Gasteiger partial charge < -0.3 is 10.2 Å². The maximum Gasteiger partial charge on any atom is 0.245 e. The minimum atomic E-state index is -0.337. The third kappa shape index (κ3) is 3.74. The van der Waals surface area contributed by atoms with Gasteiger partial charge in [-0.2, -0.15) is 0 Å². The number of carbonyl (C=O) groups is 2. The van der Waals surface area contributed by atoms with Gasteiger partial charge in [0.1, 0.15) is 6.04 Å². The molecule has 124 valence electrons. The molecule has 1 aromatic rings. The van der Waals surface area contributed by atoms with Crippen LogP contribution in [0.1, 0.15) is 51.0 Å². The monoisotopic (exact) mass is 314 g/mol. The lowest BCUT2D eigenvalue weighted by Gasteiger charge is -2.33. The zero-order valence-corrected chi connectivity index (χ0v) is 13.8. The summed E-state index contributed by atoms with van der Waals surface area (Å²) in [7, 11) is 0. The van der Waals surface area contributed by atoms with Crippen LogP contribution in [0, 0.1) is 5.92 Å². The first-order valence-corrected chi connectivity index (χ1v) is 8.79. The molecule has 1 aromatic carbocycles. The van der Waals surface area contributed by atoms with Crippen LogP contribution in [-0.4, -0.2) is 28.8 Å². The molecule has 0 aromatic heterocycles. The summed E-state index contributed by atoms with van der Waals surface area (Å²) in [6.45, 7) is 2.56. The summed E-state index contributed by atoms with van der Waals surface area (Å²) in [6.07, 6.45) is 6.06. The molecule has 4 heteroatoms. The van der Waals surface area contributed by atoms with Gasteiger partial charge in [-0.15, -0.1) is 0 Å². The summed E-state index contributed by atoms with van der Waals surface area (Å²) < 4.78 is 0. The molecule has 2 atom stereocenters. The fourth-order valence-electron chi connectivity index (χ4n) is 3.87. The van der Waals surface area contributed by atoms with E-state index >= 15 is 0 Å². The van der Waals surface area contributed by atoms with E-state index in [9.17, 15) is 9.59 Å². The van der Waals surface area contributed by atoms with Crippen LogP contribution in [0.3, 0.4) is 0 Å². The topological polar surface area (TPSA) is 49.4 Å². The van der Waals surface area contributed by atoms with Crippen LogP contribution in [0.15, 0.2) is 30.3 Å². The van der Waals surface area contributed by atoms with Gasteiger partial charge in [-0.05, 0) is 31.2 Å². The zero-order chi connectivity index (χ0) is 16.2. The number of amides is 2. The number of hydrogen-bond acceptors (Lipinski definition) is 2. The molecule has 2 fully saturated rings. The lowest BCUT2D eigenvalue weighted by molar-refractivity contribution is -0.137. The van der Waals surface area contributed by atoms with Gasteiger partial charge in [0.15, 0.2) is 0 Å². The highest BCUT2D eigenvalue weighted by molar-refractivity contribution is 5.90. The molecular formula is C19H26N2O2. The number of nitrogens with one attached hydrogen (secondary N) is 1.